The number of aryl methyl sites for hydroxylation is 1. The van der Waals surface area contributed by atoms with Crippen LogP contribution >= 0.6 is 15.9 Å². The van der Waals surface area contributed by atoms with Gasteiger partial charge in [-0.15, -0.1) is 0 Å². The average Bonchev–Trinajstić information content (AvgIpc) is 2.81. The summed E-state index contributed by atoms with van der Waals surface area (Å²) in [4.78, 5) is 8.80. The van der Waals surface area contributed by atoms with Crippen LogP contribution in [0.1, 0.15) is 20.3 Å². The Morgan fingerprint density at radius 3 is 2.89 bits per heavy atom. The highest BCUT2D eigenvalue weighted by atomic mass is 79.9. The molecule has 0 aliphatic heterocycles. The van der Waals surface area contributed by atoms with Crippen LogP contribution in [0.4, 0.5) is 5.82 Å². The van der Waals surface area contributed by atoms with Crippen LogP contribution in [-0.2, 0) is 6.54 Å². The fraction of sp³-hybridized carbons (Fsp3) is 0.417. The number of rotatable bonds is 5. The summed E-state index contributed by atoms with van der Waals surface area (Å²) in [6.07, 6.45) is 6.60. The molecule has 1 N–H and O–H groups in total. The molecular formula is C12H16BrN5. The Morgan fingerprint density at radius 2 is 2.17 bits per heavy atom. The average molecular weight is 310 g/mol. The largest absolute Gasteiger partial charge is 0.369 e. The van der Waals surface area contributed by atoms with Gasteiger partial charge >= 0.3 is 0 Å². The minimum atomic E-state index is 0.691. The molecule has 2 rings (SSSR count). The minimum Gasteiger partial charge on any atom is -0.369 e. The third kappa shape index (κ3) is 2.87. The predicted octanol–water partition coefficient (Wildman–Crippen LogP) is 2.94. The van der Waals surface area contributed by atoms with E-state index in [9.17, 15) is 0 Å². The minimum absolute atomic E-state index is 0.691. The summed E-state index contributed by atoms with van der Waals surface area (Å²) in [5, 5.41) is 7.48. The van der Waals surface area contributed by atoms with Crippen LogP contribution in [0, 0.1) is 0 Å². The lowest BCUT2D eigenvalue weighted by atomic mass is 10.3. The first-order valence-electron chi connectivity index (χ1n) is 6.03. The van der Waals surface area contributed by atoms with Gasteiger partial charge in [0.2, 0.25) is 0 Å². The number of halogens is 1. The molecular weight excluding hydrogens is 294 g/mol. The van der Waals surface area contributed by atoms with Gasteiger partial charge in [-0.2, -0.15) is 5.10 Å². The number of nitrogens with zero attached hydrogens (tertiary/aromatic N) is 4. The number of aromatic nitrogens is 4. The fourth-order valence-corrected chi connectivity index (χ4v) is 1.96. The number of nitrogens with one attached hydrogen (secondary N) is 1. The summed E-state index contributed by atoms with van der Waals surface area (Å²) in [5.41, 5.74) is 0.940. The monoisotopic (exact) mass is 309 g/mol. The second-order valence-electron chi connectivity index (χ2n) is 3.91. The zero-order valence-electron chi connectivity index (χ0n) is 10.5. The maximum Gasteiger partial charge on any atom is 0.164 e. The summed E-state index contributed by atoms with van der Waals surface area (Å²) in [5.74, 6) is 1.50. The van der Waals surface area contributed by atoms with Crippen LogP contribution in [0.25, 0.3) is 11.4 Å². The van der Waals surface area contributed by atoms with Crippen molar-refractivity contribution in [2.75, 3.05) is 11.9 Å². The molecule has 0 bridgehead atoms. The maximum atomic E-state index is 4.48. The van der Waals surface area contributed by atoms with Crippen LogP contribution in [0.2, 0.25) is 0 Å². The molecule has 96 valence electrons. The Bertz CT molecular complexity index is 523. The molecule has 6 heteroatoms. The molecule has 0 aliphatic carbocycles. The Morgan fingerprint density at radius 1 is 1.33 bits per heavy atom. The van der Waals surface area contributed by atoms with Crippen molar-refractivity contribution < 1.29 is 0 Å². The molecule has 0 aromatic carbocycles. The molecule has 0 spiro atoms. The molecule has 2 heterocycles. The van der Waals surface area contributed by atoms with Crippen LogP contribution in [0.15, 0.2) is 23.1 Å². The van der Waals surface area contributed by atoms with Crippen molar-refractivity contribution in [3.05, 3.63) is 23.1 Å². The van der Waals surface area contributed by atoms with Gasteiger partial charge in [0, 0.05) is 25.5 Å². The van der Waals surface area contributed by atoms with Crippen LogP contribution in [-0.4, -0.2) is 26.3 Å². The zero-order chi connectivity index (χ0) is 13.0. The van der Waals surface area contributed by atoms with Gasteiger partial charge < -0.3 is 5.32 Å². The van der Waals surface area contributed by atoms with Crippen molar-refractivity contribution in [2.45, 2.75) is 26.8 Å². The molecule has 0 amide bonds. The van der Waals surface area contributed by atoms with E-state index in [0.717, 1.165) is 35.4 Å². The third-order valence-electron chi connectivity index (χ3n) is 2.43. The Labute approximate surface area is 115 Å². The lowest BCUT2D eigenvalue weighted by Crippen LogP contribution is -2.02. The molecule has 2 aromatic heterocycles. The van der Waals surface area contributed by atoms with E-state index in [1.165, 1.54) is 0 Å². The topological polar surface area (TPSA) is 55.6 Å². The van der Waals surface area contributed by atoms with E-state index in [1.54, 1.807) is 12.4 Å². The highest BCUT2D eigenvalue weighted by Crippen LogP contribution is 2.22. The summed E-state index contributed by atoms with van der Waals surface area (Å²) in [6, 6.07) is 0. The first-order chi connectivity index (χ1) is 8.74. The van der Waals surface area contributed by atoms with Crippen molar-refractivity contribution in [3.63, 3.8) is 0 Å². The Kier molecular flexibility index (Phi) is 4.30. The molecule has 2 aromatic rings. The van der Waals surface area contributed by atoms with E-state index in [-0.39, 0.29) is 0 Å². The SMILES string of the molecule is CCCn1cc(-c2ncc(Br)c(NCC)n2)cn1. The predicted molar refractivity (Wildman–Crippen MR) is 75.4 cm³/mol. The Balaban J connectivity index is 2.28. The Hall–Kier alpha value is -1.43. The highest BCUT2D eigenvalue weighted by Gasteiger charge is 2.08. The lowest BCUT2D eigenvalue weighted by Gasteiger charge is -2.05. The highest BCUT2D eigenvalue weighted by molar-refractivity contribution is 9.10. The quantitative estimate of drug-likeness (QED) is 0.922. The molecule has 18 heavy (non-hydrogen) atoms. The van der Waals surface area contributed by atoms with Gasteiger partial charge in [0.1, 0.15) is 5.82 Å². The fourth-order valence-electron chi connectivity index (χ4n) is 1.63. The van der Waals surface area contributed by atoms with Gasteiger partial charge in [-0.1, -0.05) is 6.92 Å². The van der Waals surface area contributed by atoms with E-state index in [0.29, 0.717) is 5.82 Å². The van der Waals surface area contributed by atoms with E-state index in [1.807, 2.05) is 17.8 Å². The zero-order valence-corrected chi connectivity index (χ0v) is 12.1. The molecule has 5 nitrogen and oxygen atoms in total. The van der Waals surface area contributed by atoms with Crippen LogP contribution in [0.3, 0.4) is 0 Å². The van der Waals surface area contributed by atoms with Crippen LogP contribution < -0.4 is 5.32 Å². The van der Waals surface area contributed by atoms with Gasteiger partial charge in [-0.3, -0.25) is 4.68 Å². The third-order valence-corrected chi connectivity index (χ3v) is 3.01. The maximum absolute atomic E-state index is 4.48. The molecule has 0 saturated heterocycles. The summed E-state index contributed by atoms with van der Waals surface area (Å²) < 4.78 is 2.78. The summed E-state index contributed by atoms with van der Waals surface area (Å²) >= 11 is 3.43. The van der Waals surface area contributed by atoms with Gasteiger partial charge in [-0.05, 0) is 29.3 Å². The molecule has 0 saturated carbocycles. The molecule has 0 fully saturated rings. The van der Waals surface area contributed by atoms with Gasteiger partial charge in [0.25, 0.3) is 0 Å². The van der Waals surface area contributed by atoms with E-state index < -0.39 is 0 Å². The second kappa shape index (κ2) is 5.95. The number of hydrogen-bond donors (Lipinski definition) is 1. The van der Waals surface area contributed by atoms with E-state index >= 15 is 0 Å². The van der Waals surface area contributed by atoms with Crippen molar-refractivity contribution in [3.8, 4) is 11.4 Å². The van der Waals surface area contributed by atoms with Gasteiger partial charge in [-0.25, -0.2) is 9.97 Å². The second-order valence-corrected chi connectivity index (χ2v) is 4.77. The van der Waals surface area contributed by atoms with Crippen molar-refractivity contribution >= 4 is 21.7 Å². The summed E-state index contributed by atoms with van der Waals surface area (Å²) in [7, 11) is 0. The van der Waals surface area contributed by atoms with Gasteiger partial charge in [0.15, 0.2) is 5.82 Å². The van der Waals surface area contributed by atoms with E-state index in [2.05, 4.69) is 43.2 Å². The molecule has 0 radical (unpaired) electrons. The van der Waals surface area contributed by atoms with Crippen LogP contribution in [0.5, 0.6) is 0 Å². The molecule has 0 unspecified atom stereocenters. The van der Waals surface area contributed by atoms with Crippen molar-refractivity contribution in [1.29, 1.82) is 0 Å². The first kappa shape index (κ1) is 13.0. The van der Waals surface area contributed by atoms with Crippen molar-refractivity contribution in [1.82, 2.24) is 19.7 Å². The summed E-state index contributed by atoms with van der Waals surface area (Å²) in [6.45, 7) is 5.90. The van der Waals surface area contributed by atoms with E-state index in [4.69, 9.17) is 0 Å². The molecule has 0 atom stereocenters. The first-order valence-corrected chi connectivity index (χ1v) is 6.83. The van der Waals surface area contributed by atoms with Gasteiger partial charge in [0.05, 0.1) is 16.2 Å². The number of hydrogen-bond acceptors (Lipinski definition) is 4. The molecule has 0 aliphatic rings. The smallest absolute Gasteiger partial charge is 0.164 e. The number of anilines is 1. The standard InChI is InChI=1S/C12H16BrN5/c1-3-5-18-8-9(6-16-18)11-15-7-10(13)12(17-11)14-4-2/h6-8H,3-5H2,1-2H3,(H,14,15,17). The lowest BCUT2D eigenvalue weighted by molar-refractivity contribution is 0.603. The van der Waals surface area contributed by atoms with Crippen molar-refractivity contribution in [2.24, 2.45) is 0 Å². The normalized spacial score (nSPS) is 10.6.